The van der Waals surface area contributed by atoms with Gasteiger partial charge in [0.25, 0.3) is 0 Å². The van der Waals surface area contributed by atoms with Gasteiger partial charge in [-0.15, -0.1) is 0 Å². The molecule has 1 atom stereocenters. The summed E-state index contributed by atoms with van der Waals surface area (Å²) in [5.41, 5.74) is 0.997. The lowest BCUT2D eigenvalue weighted by atomic mass is 9.98. The third-order valence-corrected chi connectivity index (χ3v) is 3.43. The molecule has 0 heterocycles. The van der Waals surface area contributed by atoms with Gasteiger partial charge in [-0.2, -0.15) is 0 Å². The van der Waals surface area contributed by atoms with Crippen LogP contribution in [0.3, 0.4) is 0 Å². The standard InChI is InChI=1S/C17H29NO2/c1-13(2)15-7-6-8-16(11-15)20-10-9-17(5,12-19)18-14(3)4/h6-8,11,13-14,18-19H,9-10,12H2,1-5H3. The van der Waals surface area contributed by atoms with Gasteiger partial charge in [-0.3, -0.25) is 0 Å². The zero-order chi connectivity index (χ0) is 15.2. The minimum Gasteiger partial charge on any atom is -0.494 e. The second-order valence-electron chi connectivity index (χ2n) is 6.34. The van der Waals surface area contributed by atoms with Crippen molar-refractivity contribution in [2.75, 3.05) is 13.2 Å². The zero-order valence-electron chi connectivity index (χ0n) is 13.4. The smallest absolute Gasteiger partial charge is 0.119 e. The van der Waals surface area contributed by atoms with E-state index in [-0.39, 0.29) is 12.1 Å². The molecule has 20 heavy (non-hydrogen) atoms. The van der Waals surface area contributed by atoms with Crippen LogP contribution in [0.5, 0.6) is 5.75 Å². The van der Waals surface area contributed by atoms with Crippen LogP contribution in [0.2, 0.25) is 0 Å². The first kappa shape index (κ1) is 17.0. The normalized spacial score (nSPS) is 14.6. The number of ether oxygens (including phenoxy) is 1. The van der Waals surface area contributed by atoms with Crippen molar-refractivity contribution in [3.05, 3.63) is 29.8 Å². The molecular weight excluding hydrogens is 250 g/mol. The largest absolute Gasteiger partial charge is 0.494 e. The zero-order valence-corrected chi connectivity index (χ0v) is 13.4. The minimum atomic E-state index is -0.288. The van der Waals surface area contributed by atoms with Gasteiger partial charge in [0.1, 0.15) is 5.75 Å². The Labute approximate surface area is 123 Å². The van der Waals surface area contributed by atoms with Crippen LogP contribution in [0.25, 0.3) is 0 Å². The molecule has 0 saturated carbocycles. The molecule has 1 rings (SSSR count). The third kappa shape index (κ3) is 5.51. The Bertz CT molecular complexity index is 404. The molecule has 1 aromatic carbocycles. The summed E-state index contributed by atoms with van der Waals surface area (Å²) in [6.07, 6.45) is 0.771. The molecule has 0 bridgehead atoms. The second-order valence-corrected chi connectivity index (χ2v) is 6.34. The average molecular weight is 279 g/mol. The Morgan fingerprint density at radius 1 is 1.25 bits per heavy atom. The molecule has 3 heteroatoms. The summed E-state index contributed by atoms with van der Waals surface area (Å²) in [6, 6.07) is 8.57. The number of hydrogen-bond donors (Lipinski definition) is 2. The Hall–Kier alpha value is -1.06. The van der Waals surface area contributed by atoms with Crippen LogP contribution in [0.1, 0.15) is 52.5 Å². The van der Waals surface area contributed by atoms with Crippen LogP contribution in [-0.4, -0.2) is 29.9 Å². The summed E-state index contributed by atoms with van der Waals surface area (Å²) < 4.78 is 5.82. The summed E-state index contributed by atoms with van der Waals surface area (Å²) in [5, 5.41) is 12.9. The number of rotatable bonds is 8. The molecule has 0 spiro atoms. The van der Waals surface area contributed by atoms with E-state index in [4.69, 9.17) is 4.74 Å². The van der Waals surface area contributed by atoms with E-state index < -0.39 is 0 Å². The molecule has 0 saturated heterocycles. The van der Waals surface area contributed by atoms with Crippen LogP contribution in [0.4, 0.5) is 0 Å². The van der Waals surface area contributed by atoms with E-state index in [1.165, 1.54) is 5.56 Å². The lowest BCUT2D eigenvalue weighted by Crippen LogP contribution is -2.49. The van der Waals surface area contributed by atoms with Crippen LogP contribution in [-0.2, 0) is 0 Å². The quantitative estimate of drug-likeness (QED) is 0.767. The molecule has 114 valence electrons. The maximum absolute atomic E-state index is 9.53. The molecule has 0 fully saturated rings. The molecule has 0 aliphatic rings. The van der Waals surface area contributed by atoms with Gasteiger partial charge in [0.15, 0.2) is 0 Å². The van der Waals surface area contributed by atoms with E-state index >= 15 is 0 Å². The fraction of sp³-hybridized carbons (Fsp3) is 0.647. The topological polar surface area (TPSA) is 41.5 Å². The molecule has 2 N–H and O–H groups in total. The Kier molecular flexibility index (Phi) is 6.50. The van der Waals surface area contributed by atoms with Gasteiger partial charge in [-0.05, 0) is 30.5 Å². The number of benzene rings is 1. The highest BCUT2D eigenvalue weighted by atomic mass is 16.5. The number of aliphatic hydroxyl groups excluding tert-OH is 1. The van der Waals surface area contributed by atoms with Crippen molar-refractivity contribution < 1.29 is 9.84 Å². The lowest BCUT2D eigenvalue weighted by molar-refractivity contribution is 0.136. The first-order valence-corrected chi connectivity index (χ1v) is 7.47. The summed E-state index contributed by atoms with van der Waals surface area (Å²) in [5.74, 6) is 1.41. The summed E-state index contributed by atoms with van der Waals surface area (Å²) >= 11 is 0. The molecule has 0 aliphatic heterocycles. The van der Waals surface area contributed by atoms with E-state index in [1.54, 1.807) is 0 Å². The van der Waals surface area contributed by atoms with Crippen molar-refractivity contribution >= 4 is 0 Å². The summed E-state index contributed by atoms with van der Waals surface area (Å²) in [6.45, 7) is 11.3. The van der Waals surface area contributed by atoms with E-state index in [1.807, 2.05) is 19.1 Å². The predicted octanol–water partition coefficient (Wildman–Crippen LogP) is 3.33. The SMILES string of the molecule is CC(C)NC(C)(CO)CCOc1cccc(C(C)C)c1. The Morgan fingerprint density at radius 2 is 1.95 bits per heavy atom. The van der Waals surface area contributed by atoms with Crippen LogP contribution >= 0.6 is 0 Å². The second kappa shape index (κ2) is 7.65. The molecule has 1 unspecified atom stereocenters. The van der Waals surface area contributed by atoms with Crippen molar-refractivity contribution in [3.63, 3.8) is 0 Å². The molecule has 0 aromatic heterocycles. The Balaban J connectivity index is 2.52. The predicted molar refractivity (Wildman–Crippen MR) is 84.4 cm³/mol. The third-order valence-electron chi connectivity index (χ3n) is 3.43. The molecule has 3 nitrogen and oxygen atoms in total. The highest BCUT2D eigenvalue weighted by molar-refractivity contribution is 5.30. The fourth-order valence-electron chi connectivity index (χ4n) is 2.25. The molecule has 1 aromatic rings. The number of aliphatic hydroxyl groups is 1. The number of nitrogens with one attached hydrogen (secondary N) is 1. The highest BCUT2D eigenvalue weighted by Crippen LogP contribution is 2.21. The number of hydrogen-bond acceptors (Lipinski definition) is 3. The molecule has 0 radical (unpaired) electrons. The lowest BCUT2D eigenvalue weighted by Gasteiger charge is -2.31. The average Bonchev–Trinajstić information content (AvgIpc) is 2.38. The van der Waals surface area contributed by atoms with Gasteiger partial charge < -0.3 is 15.2 Å². The van der Waals surface area contributed by atoms with Crippen molar-refractivity contribution in [1.29, 1.82) is 0 Å². The Morgan fingerprint density at radius 3 is 2.50 bits per heavy atom. The van der Waals surface area contributed by atoms with Crippen LogP contribution in [0.15, 0.2) is 24.3 Å². The van der Waals surface area contributed by atoms with Crippen molar-refractivity contribution in [2.24, 2.45) is 0 Å². The molecule has 0 aliphatic carbocycles. The van der Waals surface area contributed by atoms with Crippen molar-refractivity contribution in [2.45, 2.75) is 58.5 Å². The van der Waals surface area contributed by atoms with Gasteiger partial charge in [-0.25, -0.2) is 0 Å². The molecule has 0 amide bonds. The van der Waals surface area contributed by atoms with Crippen LogP contribution in [0, 0.1) is 0 Å². The fourth-order valence-corrected chi connectivity index (χ4v) is 2.25. The first-order chi connectivity index (χ1) is 9.36. The minimum absolute atomic E-state index is 0.112. The van der Waals surface area contributed by atoms with Gasteiger partial charge in [0.2, 0.25) is 0 Å². The van der Waals surface area contributed by atoms with Gasteiger partial charge in [-0.1, -0.05) is 39.8 Å². The van der Waals surface area contributed by atoms with Crippen molar-refractivity contribution in [3.8, 4) is 5.75 Å². The maximum atomic E-state index is 9.53. The summed E-state index contributed by atoms with van der Waals surface area (Å²) in [7, 11) is 0. The maximum Gasteiger partial charge on any atom is 0.119 e. The highest BCUT2D eigenvalue weighted by Gasteiger charge is 2.23. The van der Waals surface area contributed by atoms with E-state index in [0.717, 1.165) is 12.2 Å². The van der Waals surface area contributed by atoms with Gasteiger partial charge >= 0.3 is 0 Å². The first-order valence-electron chi connectivity index (χ1n) is 7.47. The summed E-state index contributed by atoms with van der Waals surface area (Å²) in [4.78, 5) is 0. The van der Waals surface area contributed by atoms with Crippen LogP contribution < -0.4 is 10.1 Å². The monoisotopic (exact) mass is 279 g/mol. The van der Waals surface area contributed by atoms with E-state index in [2.05, 4.69) is 45.1 Å². The van der Waals surface area contributed by atoms with Gasteiger partial charge in [0, 0.05) is 18.0 Å². The van der Waals surface area contributed by atoms with Gasteiger partial charge in [0.05, 0.1) is 13.2 Å². The van der Waals surface area contributed by atoms with E-state index in [9.17, 15) is 5.11 Å². The molecular formula is C17H29NO2. The van der Waals surface area contributed by atoms with Crippen molar-refractivity contribution in [1.82, 2.24) is 5.32 Å². The van der Waals surface area contributed by atoms with E-state index in [0.29, 0.717) is 18.6 Å².